The molecule has 0 radical (unpaired) electrons. The Morgan fingerprint density at radius 2 is 1.79 bits per heavy atom. The van der Waals surface area contributed by atoms with Gasteiger partial charge in [-0.3, -0.25) is 0 Å². The zero-order valence-corrected chi connectivity index (χ0v) is 13.3. The Bertz CT molecular complexity index is 495. The predicted molar refractivity (Wildman–Crippen MR) is 80.2 cm³/mol. The quantitative estimate of drug-likeness (QED) is 0.785. The minimum absolute atomic E-state index is 0.301. The fraction of sp³-hybridized carbons (Fsp3) is 0.571. The third kappa shape index (κ3) is 5.13. The molecule has 0 spiro atoms. The number of hydrogen-bond donors (Lipinski definition) is 1. The first-order valence-electron chi connectivity index (χ1n) is 6.49. The molecular formula is C14H22ClNO2S. The number of sulfonamides is 1. The van der Waals surface area contributed by atoms with Crippen LogP contribution in [0.2, 0.25) is 0 Å². The molecule has 108 valence electrons. The van der Waals surface area contributed by atoms with Crippen LogP contribution in [0.4, 0.5) is 0 Å². The van der Waals surface area contributed by atoms with E-state index in [-0.39, 0.29) is 0 Å². The standard InChI is InChI=1S/C14H22ClNO2S/c1-4-10-14(2,3)16-19(17,18)13-7-5-12(6-8-13)9-11-15/h5-8,16H,4,9-11H2,1-3H3. The highest BCUT2D eigenvalue weighted by Gasteiger charge is 2.25. The average Bonchev–Trinajstić information content (AvgIpc) is 2.28. The number of nitrogens with one attached hydrogen (secondary N) is 1. The molecule has 1 N–H and O–H groups in total. The molecule has 0 fully saturated rings. The van der Waals surface area contributed by atoms with Gasteiger partial charge in [0.25, 0.3) is 0 Å². The second-order valence-electron chi connectivity index (χ2n) is 5.32. The van der Waals surface area contributed by atoms with Crippen molar-refractivity contribution in [1.29, 1.82) is 0 Å². The van der Waals surface area contributed by atoms with E-state index in [0.717, 1.165) is 24.8 Å². The highest BCUT2D eigenvalue weighted by molar-refractivity contribution is 7.89. The summed E-state index contributed by atoms with van der Waals surface area (Å²) in [5.74, 6) is 0.536. The van der Waals surface area contributed by atoms with Gasteiger partial charge in [0.05, 0.1) is 4.90 Å². The maximum atomic E-state index is 12.3. The fourth-order valence-electron chi connectivity index (χ4n) is 2.04. The first-order chi connectivity index (χ1) is 8.80. The average molecular weight is 304 g/mol. The molecule has 0 aliphatic heterocycles. The largest absolute Gasteiger partial charge is 0.241 e. The minimum Gasteiger partial charge on any atom is -0.207 e. The van der Waals surface area contributed by atoms with E-state index < -0.39 is 15.6 Å². The second-order valence-corrected chi connectivity index (χ2v) is 7.38. The molecule has 0 aliphatic rings. The van der Waals surface area contributed by atoms with Crippen molar-refractivity contribution in [1.82, 2.24) is 4.72 Å². The van der Waals surface area contributed by atoms with Crippen LogP contribution in [0.5, 0.6) is 0 Å². The smallest absolute Gasteiger partial charge is 0.207 e. The van der Waals surface area contributed by atoms with E-state index in [9.17, 15) is 8.42 Å². The van der Waals surface area contributed by atoms with Crippen molar-refractivity contribution in [2.45, 2.75) is 50.5 Å². The van der Waals surface area contributed by atoms with Gasteiger partial charge in [0, 0.05) is 11.4 Å². The van der Waals surface area contributed by atoms with Gasteiger partial charge in [-0.25, -0.2) is 13.1 Å². The van der Waals surface area contributed by atoms with Gasteiger partial charge in [-0.15, -0.1) is 11.6 Å². The summed E-state index contributed by atoms with van der Waals surface area (Å²) in [5.41, 5.74) is 0.615. The molecule has 0 bridgehead atoms. The van der Waals surface area contributed by atoms with Crippen LogP contribution in [-0.2, 0) is 16.4 Å². The van der Waals surface area contributed by atoms with Crippen molar-refractivity contribution in [3.63, 3.8) is 0 Å². The Hall–Kier alpha value is -0.580. The number of aryl methyl sites for hydroxylation is 1. The van der Waals surface area contributed by atoms with Crippen LogP contribution in [0.25, 0.3) is 0 Å². The van der Waals surface area contributed by atoms with Gasteiger partial charge in [0.2, 0.25) is 10.0 Å². The number of rotatable bonds is 7. The van der Waals surface area contributed by atoms with E-state index in [4.69, 9.17) is 11.6 Å². The summed E-state index contributed by atoms with van der Waals surface area (Å²) in [7, 11) is -3.45. The second kappa shape index (κ2) is 6.73. The van der Waals surface area contributed by atoms with Gasteiger partial charge in [0.1, 0.15) is 0 Å². The lowest BCUT2D eigenvalue weighted by Crippen LogP contribution is -2.43. The summed E-state index contributed by atoms with van der Waals surface area (Å²) in [6.45, 7) is 5.84. The number of halogens is 1. The van der Waals surface area contributed by atoms with Gasteiger partial charge in [-0.05, 0) is 44.4 Å². The molecule has 1 aromatic rings. The van der Waals surface area contributed by atoms with Crippen LogP contribution in [0.15, 0.2) is 29.2 Å². The Morgan fingerprint density at radius 1 is 1.21 bits per heavy atom. The van der Waals surface area contributed by atoms with Gasteiger partial charge < -0.3 is 0 Å². The van der Waals surface area contributed by atoms with E-state index in [1.807, 2.05) is 32.9 Å². The van der Waals surface area contributed by atoms with E-state index >= 15 is 0 Å². The highest BCUT2D eigenvalue weighted by Crippen LogP contribution is 2.17. The summed E-state index contributed by atoms with van der Waals surface area (Å²) >= 11 is 5.66. The summed E-state index contributed by atoms with van der Waals surface area (Å²) in [5, 5.41) is 0. The Kier molecular flexibility index (Phi) is 5.83. The van der Waals surface area contributed by atoms with Gasteiger partial charge in [-0.2, -0.15) is 0 Å². The molecule has 1 aromatic carbocycles. The Labute approximate surface area is 121 Å². The molecule has 3 nitrogen and oxygen atoms in total. The molecule has 0 unspecified atom stereocenters. The first-order valence-corrected chi connectivity index (χ1v) is 8.51. The zero-order valence-electron chi connectivity index (χ0n) is 11.7. The van der Waals surface area contributed by atoms with E-state index in [1.165, 1.54) is 0 Å². The van der Waals surface area contributed by atoms with Crippen molar-refractivity contribution in [2.24, 2.45) is 0 Å². The molecule has 0 aliphatic carbocycles. The molecule has 0 saturated heterocycles. The van der Waals surface area contributed by atoms with Crippen LogP contribution in [-0.4, -0.2) is 19.8 Å². The zero-order chi connectivity index (χ0) is 14.5. The van der Waals surface area contributed by atoms with Crippen molar-refractivity contribution < 1.29 is 8.42 Å². The number of hydrogen-bond acceptors (Lipinski definition) is 2. The minimum atomic E-state index is -3.45. The number of alkyl halides is 1. The monoisotopic (exact) mass is 303 g/mol. The maximum Gasteiger partial charge on any atom is 0.241 e. The molecule has 0 atom stereocenters. The lowest BCUT2D eigenvalue weighted by atomic mass is 10.0. The predicted octanol–water partition coefficient (Wildman–Crippen LogP) is 3.32. The van der Waals surface area contributed by atoms with E-state index in [2.05, 4.69) is 4.72 Å². The van der Waals surface area contributed by atoms with Crippen LogP contribution < -0.4 is 4.72 Å². The first kappa shape index (κ1) is 16.5. The summed E-state index contributed by atoms with van der Waals surface area (Å²) < 4.78 is 27.3. The normalized spacial score (nSPS) is 12.6. The molecule has 0 amide bonds. The Balaban J connectivity index is 2.88. The van der Waals surface area contributed by atoms with Crippen molar-refractivity contribution in [3.8, 4) is 0 Å². The molecule has 0 saturated carbocycles. The van der Waals surface area contributed by atoms with Crippen molar-refractivity contribution in [3.05, 3.63) is 29.8 Å². The van der Waals surface area contributed by atoms with Crippen LogP contribution in [0.3, 0.4) is 0 Å². The van der Waals surface area contributed by atoms with Gasteiger partial charge >= 0.3 is 0 Å². The third-order valence-electron chi connectivity index (χ3n) is 2.90. The molecule has 1 rings (SSSR count). The summed E-state index contributed by atoms with van der Waals surface area (Å²) in [6, 6.07) is 6.88. The van der Waals surface area contributed by atoms with Crippen molar-refractivity contribution >= 4 is 21.6 Å². The third-order valence-corrected chi connectivity index (χ3v) is 4.81. The van der Waals surface area contributed by atoms with Crippen LogP contribution >= 0.6 is 11.6 Å². The fourth-order valence-corrected chi connectivity index (χ4v) is 3.70. The maximum absolute atomic E-state index is 12.3. The molecule has 5 heteroatoms. The van der Waals surface area contributed by atoms with Gasteiger partial charge in [-0.1, -0.05) is 25.5 Å². The molecule has 0 aromatic heterocycles. The lowest BCUT2D eigenvalue weighted by Gasteiger charge is -2.25. The Morgan fingerprint density at radius 3 is 2.26 bits per heavy atom. The topological polar surface area (TPSA) is 46.2 Å². The van der Waals surface area contributed by atoms with Gasteiger partial charge in [0.15, 0.2) is 0 Å². The molecule has 0 heterocycles. The van der Waals surface area contributed by atoms with E-state index in [1.54, 1.807) is 12.1 Å². The van der Waals surface area contributed by atoms with Crippen LogP contribution in [0, 0.1) is 0 Å². The SMILES string of the molecule is CCCC(C)(C)NS(=O)(=O)c1ccc(CCCl)cc1. The lowest BCUT2D eigenvalue weighted by molar-refractivity contribution is 0.418. The van der Waals surface area contributed by atoms with Crippen molar-refractivity contribution in [2.75, 3.05) is 5.88 Å². The highest BCUT2D eigenvalue weighted by atomic mass is 35.5. The molecular weight excluding hydrogens is 282 g/mol. The summed E-state index contributed by atoms with van der Waals surface area (Å²) in [6.07, 6.45) is 2.48. The summed E-state index contributed by atoms with van der Waals surface area (Å²) in [4.78, 5) is 0.301. The molecule has 19 heavy (non-hydrogen) atoms. The van der Waals surface area contributed by atoms with Crippen LogP contribution in [0.1, 0.15) is 39.2 Å². The van der Waals surface area contributed by atoms with E-state index in [0.29, 0.717) is 10.8 Å². The number of benzene rings is 1.